The first kappa shape index (κ1) is 15.7. The summed E-state index contributed by atoms with van der Waals surface area (Å²) in [6.07, 6.45) is 13.3. The molecule has 0 saturated heterocycles. The number of imidazole rings is 1. The Kier molecular flexibility index (Phi) is 3.36. The first-order valence-corrected chi connectivity index (χ1v) is 9.18. The minimum absolute atomic E-state index is 0.255. The summed E-state index contributed by atoms with van der Waals surface area (Å²) in [7, 11) is 3.50. The number of fused-ring (bicyclic) bond motifs is 3. The Morgan fingerprint density at radius 1 is 1.29 bits per heavy atom. The molecule has 3 heterocycles. The number of hydrogen-bond acceptors (Lipinski definition) is 4. The van der Waals surface area contributed by atoms with E-state index in [0.717, 1.165) is 28.7 Å². The number of thioether (sulfide) groups is 1. The summed E-state index contributed by atoms with van der Waals surface area (Å²) >= 11 is 1.70. The molecule has 2 aliphatic heterocycles. The molecule has 24 heavy (non-hydrogen) atoms. The van der Waals surface area contributed by atoms with Crippen LogP contribution in [0.15, 0.2) is 52.6 Å². The van der Waals surface area contributed by atoms with Crippen molar-refractivity contribution in [1.29, 1.82) is 0 Å². The van der Waals surface area contributed by atoms with Crippen molar-refractivity contribution < 1.29 is 9.57 Å². The molecule has 1 aromatic heterocycles. The van der Waals surface area contributed by atoms with Crippen molar-refractivity contribution in [3.8, 4) is 0 Å². The lowest BCUT2D eigenvalue weighted by Crippen LogP contribution is -2.60. The minimum atomic E-state index is -0.340. The molecule has 0 bridgehead atoms. The van der Waals surface area contributed by atoms with Gasteiger partial charge in [0.25, 0.3) is 0 Å². The molecule has 2 atom stereocenters. The lowest BCUT2D eigenvalue weighted by molar-refractivity contribution is -0.118. The van der Waals surface area contributed by atoms with E-state index in [9.17, 15) is 0 Å². The van der Waals surface area contributed by atoms with Gasteiger partial charge in [-0.1, -0.05) is 10.7 Å². The number of ether oxygens (including phenoxy) is 1. The van der Waals surface area contributed by atoms with Crippen LogP contribution in [0, 0.1) is 0 Å². The lowest BCUT2D eigenvalue weighted by Gasteiger charge is -2.42. The Morgan fingerprint density at radius 2 is 2.08 bits per heavy atom. The Labute approximate surface area is 146 Å². The van der Waals surface area contributed by atoms with E-state index in [2.05, 4.69) is 43.0 Å². The highest BCUT2D eigenvalue weighted by Crippen LogP contribution is 2.58. The molecule has 0 radical (unpaired) electrons. The maximum absolute atomic E-state index is 6.12. The van der Waals surface area contributed by atoms with E-state index in [1.54, 1.807) is 26.0 Å². The van der Waals surface area contributed by atoms with E-state index in [-0.39, 0.29) is 10.2 Å². The average molecular weight is 344 g/mol. The van der Waals surface area contributed by atoms with Crippen LogP contribution in [0.5, 0.6) is 0 Å². The Hall–Kier alpha value is -1.76. The van der Waals surface area contributed by atoms with Crippen LogP contribution in [0.25, 0.3) is 5.70 Å². The summed E-state index contributed by atoms with van der Waals surface area (Å²) in [6.45, 7) is 4.27. The molecule has 0 aromatic carbocycles. The van der Waals surface area contributed by atoms with Crippen molar-refractivity contribution in [3.63, 3.8) is 0 Å². The van der Waals surface area contributed by atoms with Gasteiger partial charge in [0.1, 0.15) is 22.7 Å². The maximum atomic E-state index is 6.12. The second-order valence-corrected chi connectivity index (χ2v) is 7.19. The van der Waals surface area contributed by atoms with Gasteiger partial charge >= 0.3 is 5.95 Å². The number of allylic oxidation sites excluding steroid dienone is 3. The topological polar surface area (TPSA) is 36.3 Å². The summed E-state index contributed by atoms with van der Waals surface area (Å²) in [5, 5.41) is 1.11. The van der Waals surface area contributed by atoms with Crippen LogP contribution in [-0.2, 0) is 9.57 Å². The molecule has 0 saturated carbocycles. The molecular weight excluding hydrogens is 322 g/mol. The summed E-state index contributed by atoms with van der Waals surface area (Å²) < 4.78 is 8.22. The predicted octanol–water partition coefficient (Wildman–Crippen LogP) is 3.86. The number of hydrogen-bond donors (Lipinski definition) is 0. The Morgan fingerprint density at radius 3 is 2.75 bits per heavy atom. The largest absolute Gasteiger partial charge is 0.496 e. The smallest absolute Gasteiger partial charge is 0.354 e. The van der Waals surface area contributed by atoms with Gasteiger partial charge in [-0.15, -0.1) is 11.8 Å². The third-order valence-corrected chi connectivity index (χ3v) is 6.04. The van der Waals surface area contributed by atoms with Crippen LogP contribution in [-0.4, -0.2) is 35.6 Å². The highest BCUT2D eigenvalue weighted by atomic mass is 32.2. The van der Waals surface area contributed by atoms with Crippen LogP contribution < -0.4 is 4.65 Å². The molecule has 126 valence electrons. The normalized spacial score (nSPS) is 30.5. The van der Waals surface area contributed by atoms with Crippen molar-refractivity contribution in [2.45, 2.75) is 30.8 Å². The Balaban J connectivity index is 2.13. The molecule has 1 aliphatic carbocycles. The van der Waals surface area contributed by atoms with Crippen molar-refractivity contribution in [2.24, 2.45) is 0 Å². The van der Waals surface area contributed by atoms with Crippen molar-refractivity contribution in [3.05, 3.63) is 47.5 Å². The van der Waals surface area contributed by atoms with Crippen LogP contribution in [0.2, 0.25) is 0 Å². The van der Waals surface area contributed by atoms with E-state index in [0.29, 0.717) is 0 Å². The lowest BCUT2D eigenvalue weighted by atomic mass is 9.78. The van der Waals surface area contributed by atoms with Gasteiger partial charge in [-0.3, -0.25) is 0 Å². The zero-order valence-corrected chi connectivity index (χ0v) is 15.5. The van der Waals surface area contributed by atoms with Crippen LogP contribution in [0.1, 0.15) is 20.3 Å². The molecule has 2 unspecified atom stereocenters. The van der Waals surface area contributed by atoms with Crippen molar-refractivity contribution in [2.75, 3.05) is 20.5 Å². The van der Waals surface area contributed by atoms with Gasteiger partial charge in [0.2, 0.25) is 5.54 Å². The fourth-order valence-electron chi connectivity index (χ4n) is 4.52. The number of nitrogens with zero attached hydrogens (tertiary/aromatic N) is 3. The second kappa shape index (κ2) is 5.12. The SMILES string of the molecule is COC1=C(C)CC23C=CC=C[N+]2(OC)c2ncc(SC)n2C3=C1C. The summed E-state index contributed by atoms with van der Waals surface area (Å²) in [4.78, 5) is 10.9. The molecule has 4 rings (SSSR count). The summed E-state index contributed by atoms with van der Waals surface area (Å²) in [6, 6.07) is 0. The van der Waals surface area contributed by atoms with Gasteiger partial charge in [-0.05, 0) is 37.8 Å². The van der Waals surface area contributed by atoms with Crippen LogP contribution in [0.3, 0.4) is 0 Å². The zero-order valence-electron chi connectivity index (χ0n) is 14.7. The highest BCUT2D eigenvalue weighted by Gasteiger charge is 2.66. The van der Waals surface area contributed by atoms with E-state index in [1.807, 2.05) is 12.3 Å². The summed E-state index contributed by atoms with van der Waals surface area (Å²) in [5.41, 5.74) is 3.24. The van der Waals surface area contributed by atoms with Gasteiger partial charge in [-0.2, -0.15) is 9.82 Å². The van der Waals surface area contributed by atoms with E-state index in [1.165, 1.54) is 11.3 Å². The molecule has 0 amide bonds. The van der Waals surface area contributed by atoms with Crippen LogP contribution in [0.4, 0.5) is 5.95 Å². The number of hydroxylamine groups is 2. The Bertz CT molecular complexity index is 848. The second-order valence-electron chi connectivity index (χ2n) is 6.37. The van der Waals surface area contributed by atoms with Gasteiger partial charge < -0.3 is 4.74 Å². The first-order chi connectivity index (χ1) is 11.6. The average Bonchev–Trinajstić information content (AvgIpc) is 3.09. The fraction of sp³-hybridized carbons (Fsp3) is 0.389. The fourth-order valence-corrected chi connectivity index (χ4v) is 5.03. The molecule has 5 nitrogen and oxygen atoms in total. The van der Waals surface area contributed by atoms with Crippen molar-refractivity contribution >= 4 is 23.4 Å². The maximum Gasteiger partial charge on any atom is 0.354 e. The standard InChI is InChI=1S/C18H22N3O2S/c1-12-10-18-8-6-7-9-21(18,23-4)17-19-11-14(24-5)20(17)16(18)13(2)15(12)22-3/h6-9,11H,10H2,1-5H3/q+1. The molecule has 3 aliphatic rings. The molecule has 0 fully saturated rings. The zero-order chi connectivity index (χ0) is 17.1. The van der Waals surface area contributed by atoms with E-state index in [4.69, 9.17) is 14.6 Å². The van der Waals surface area contributed by atoms with Gasteiger partial charge in [0.05, 0.1) is 20.4 Å². The molecule has 1 spiro atoms. The molecule has 0 N–H and O–H groups in total. The minimum Gasteiger partial charge on any atom is -0.496 e. The third-order valence-electron chi connectivity index (χ3n) is 5.33. The quantitative estimate of drug-likeness (QED) is 0.616. The van der Waals surface area contributed by atoms with E-state index >= 15 is 0 Å². The van der Waals surface area contributed by atoms with Gasteiger partial charge in [0, 0.05) is 12.0 Å². The number of methoxy groups -OCH3 is 1. The molecule has 6 heteroatoms. The predicted molar refractivity (Wildman–Crippen MR) is 97.0 cm³/mol. The number of quaternary nitrogens is 1. The molecular formula is C18H22N3O2S+. The monoisotopic (exact) mass is 344 g/mol. The summed E-state index contributed by atoms with van der Waals surface area (Å²) in [5.74, 6) is 1.86. The van der Waals surface area contributed by atoms with Gasteiger partial charge in [-0.25, -0.2) is 4.57 Å². The van der Waals surface area contributed by atoms with Gasteiger partial charge in [0.15, 0.2) is 0 Å². The number of aromatic nitrogens is 2. The van der Waals surface area contributed by atoms with Crippen molar-refractivity contribution in [1.82, 2.24) is 14.2 Å². The number of rotatable bonds is 3. The molecule has 1 aromatic rings. The van der Waals surface area contributed by atoms with Crippen LogP contribution >= 0.6 is 11.8 Å². The van der Waals surface area contributed by atoms with E-state index < -0.39 is 0 Å². The first-order valence-electron chi connectivity index (χ1n) is 7.96. The highest BCUT2D eigenvalue weighted by molar-refractivity contribution is 7.98. The third kappa shape index (κ3) is 1.56.